The van der Waals surface area contributed by atoms with Crippen LogP contribution in [0.4, 0.5) is 11.4 Å². The normalized spacial score (nSPS) is 16.6. The third kappa shape index (κ3) is 7.66. The van der Waals surface area contributed by atoms with E-state index in [1.165, 1.54) is 61.6 Å². The number of thiocarbonyl (C=S) groups is 1. The third-order valence-electron chi connectivity index (χ3n) is 7.69. The summed E-state index contributed by atoms with van der Waals surface area (Å²) >= 11 is 6.77. The number of aryl methyl sites for hydroxylation is 2. The van der Waals surface area contributed by atoms with Gasteiger partial charge in [0.25, 0.3) is 11.8 Å². The Kier molecular flexibility index (Phi) is 11.2. The fourth-order valence-electron chi connectivity index (χ4n) is 5.44. The maximum absolute atomic E-state index is 13.7. The summed E-state index contributed by atoms with van der Waals surface area (Å²) < 4.78 is 0.491. The molecule has 1 fully saturated rings. The number of anilines is 2. The number of hydrogen-bond acceptors (Lipinski definition) is 5. The van der Waals surface area contributed by atoms with E-state index in [-0.39, 0.29) is 24.3 Å². The number of fused-ring (bicyclic) bond motifs is 1. The molecule has 0 bridgehead atoms. The highest BCUT2D eigenvalue weighted by Crippen LogP contribution is 2.44. The van der Waals surface area contributed by atoms with Gasteiger partial charge < -0.3 is 5.32 Å². The molecule has 41 heavy (non-hydrogen) atoms. The lowest BCUT2D eigenvalue weighted by molar-refractivity contribution is -0.122. The predicted octanol–water partition coefficient (Wildman–Crippen LogP) is 7.78. The van der Waals surface area contributed by atoms with Gasteiger partial charge in [0, 0.05) is 17.8 Å². The minimum Gasteiger partial charge on any atom is -0.324 e. The van der Waals surface area contributed by atoms with Crippen LogP contribution in [0.2, 0.25) is 0 Å². The number of rotatable bonds is 14. The second kappa shape index (κ2) is 14.8. The van der Waals surface area contributed by atoms with Crippen molar-refractivity contribution in [2.24, 2.45) is 0 Å². The Morgan fingerprint density at radius 2 is 1.51 bits per heavy atom. The summed E-state index contributed by atoms with van der Waals surface area (Å²) in [7, 11) is 0. The summed E-state index contributed by atoms with van der Waals surface area (Å²) in [6.07, 6.45) is 12.2. The van der Waals surface area contributed by atoms with Crippen molar-refractivity contribution in [2.75, 3.05) is 23.3 Å². The van der Waals surface area contributed by atoms with E-state index >= 15 is 0 Å². The van der Waals surface area contributed by atoms with Gasteiger partial charge in [0.15, 0.2) is 0 Å². The summed E-state index contributed by atoms with van der Waals surface area (Å²) in [6, 6.07) is 13.1. The number of para-hydroxylation sites is 1. The average Bonchev–Trinajstić information content (AvgIpc) is 3.38. The van der Waals surface area contributed by atoms with Gasteiger partial charge in [0.2, 0.25) is 5.91 Å². The molecule has 2 aliphatic heterocycles. The van der Waals surface area contributed by atoms with Crippen molar-refractivity contribution >= 4 is 63.0 Å². The third-order valence-corrected chi connectivity index (χ3v) is 9.14. The predicted molar refractivity (Wildman–Crippen MR) is 174 cm³/mol. The molecule has 2 aromatic carbocycles. The molecule has 3 amide bonds. The fraction of sp³-hybridized carbons (Fsp3) is 0.455. The molecule has 2 heterocycles. The topological polar surface area (TPSA) is 69.7 Å². The number of carbonyl (C=O) groups excluding carboxylic acids is 3. The summed E-state index contributed by atoms with van der Waals surface area (Å²) in [6.45, 7) is 6.60. The molecular formula is C33H41N3O3S2. The van der Waals surface area contributed by atoms with E-state index in [9.17, 15) is 14.4 Å². The van der Waals surface area contributed by atoms with Crippen LogP contribution in [0, 0.1) is 13.8 Å². The maximum Gasteiger partial charge on any atom is 0.267 e. The molecule has 2 aromatic rings. The highest BCUT2D eigenvalue weighted by Gasteiger charge is 2.42. The number of amides is 3. The first-order valence-electron chi connectivity index (χ1n) is 14.9. The second-order valence-corrected chi connectivity index (χ2v) is 12.6. The molecule has 1 saturated heterocycles. The van der Waals surface area contributed by atoms with Crippen molar-refractivity contribution in [2.45, 2.75) is 85.0 Å². The monoisotopic (exact) mass is 591 g/mol. The first-order valence-corrected chi connectivity index (χ1v) is 16.1. The maximum atomic E-state index is 13.7. The minimum atomic E-state index is -0.346. The molecule has 8 heteroatoms. The lowest BCUT2D eigenvalue weighted by atomic mass is 10.1. The molecule has 218 valence electrons. The van der Waals surface area contributed by atoms with Crippen LogP contribution >= 0.6 is 24.0 Å². The van der Waals surface area contributed by atoms with Gasteiger partial charge in [-0.1, -0.05) is 125 Å². The van der Waals surface area contributed by atoms with Gasteiger partial charge >= 0.3 is 0 Å². The van der Waals surface area contributed by atoms with Crippen LogP contribution in [0.5, 0.6) is 0 Å². The number of thioether (sulfide) groups is 1. The summed E-state index contributed by atoms with van der Waals surface area (Å²) in [5, 5.41) is 2.93. The molecule has 4 rings (SSSR count). The summed E-state index contributed by atoms with van der Waals surface area (Å²) in [5.41, 5.74) is 4.41. The zero-order chi connectivity index (χ0) is 29.4. The van der Waals surface area contributed by atoms with Crippen molar-refractivity contribution in [1.29, 1.82) is 0 Å². The Hall–Kier alpha value is -2.97. The average molecular weight is 592 g/mol. The molecule has 0 aromatic heterocycles. The van der Waals surface area contributed by atoms with Gasteiger partial charge in [-0.2, -0.15) is 0 Å². The number of benzene rings is 2. The molecule has 6 nitrogen and oxygen atoms in total. The minimum absolute atomic E-state index is 0.147. The lowest BCUT2D eigenvalue weighted by Crippen LogP contribution is -2.35. The van der Waals surface area contributed by atoms with Crippen LogP contribution in [-0.2, 0) is 14.4 Å². The van der Waals surface area contributed by atoms with Gasteiger partial charge in [-0.25, -0.2) is 0 Å². The van der Waals surface area contributed by atoms with E-state index in [0.717, 1.165) is 30.4 Å². The number of unbranched alkanes of at least 4 members (excludes halogenated alkanes) is 9. The largest absolute Gasteiger partial charge is 0.324 e. The molecule has 0 unspecified atom stereocenters. The quantitative estimate of drug-likeness (QED) is 0.138. The van der Waals surface area contributed by atoms with E-state index in [2.05, 4.69) is 12.2 Å². The molecule has 1 N–H and O–H groups in total. The number of carbonyl (C=O) groups is 3. The van der Waals surface area contributed by atoms with Gasteiger partial charge in [0.05, 0.1) is 16.2 Å². The van der Waals surface area contributed by atoms with Gasteiger partial charge in [-0.15, -0.1) is 0 Å². The lowest BCUT2D eigenvalue weighted by Gasteiger charge is -2.17. The molecular weight excluding hydrogens is 551 g/mol. The summed E-state index contributed by atoms with van der Waals surface area (Å²) in [4.78, 5) is 43.7. The van der Waals surface area contributed by atoms with Gasteiger partial charge in [-0.05, 0) is 38.0 Å². The first kappa shape index (κ1) is 31.0. The number of nitrogens with one attached hydrogen (secondary N) is 1. The smallest absolute Gasteiger partial charge is 0.267 e. The van der Waals surface area contributed by atoms with Gasteiger partial charge in [0.1, 0.15) is 10.9 Å². The van der Waals surface area contributed by atoms with Crippen LogP contribution < -0.4 is 10.2 Å². The van der Waals surface area contributed by atoms with E-state index in [4.69, 9.17) is 12.2 Å². The number of hydrogen-bond donors (Lipinski definition) is 1. The Balaban J connectivity index is 1.38. The Morgan fingerprint density at radius 1 is 0.854 bits per heavy atom. The fourth-order valence-corrected chi connectivity index (χ4v) is 6.82. The standard InChI is InChI=1S/C33H41N3O3S2/c1-4-5-6-7-8-9-10-11-12-15-20-35-32(39)30(41-33(35)40)29-25-16-13-14-17-27(25)36(31(29)38)22-28(37)34-26-19-18-23(2)21-24(26)3/h13-14,16-19,21H,4-12,15,20,22H2,1-3H3,(H,34,37)/b30-29-. The van der Waals surface area contributed by atoms with Crippen LogP contribution in [0.25, 0.3) is 5.57 Å². The molecule has 0 aliphatic carbocycles. The van der Waals surface area contributed by atoms with Gasteiger partial charge in [-0.3, -0.25) is 24.2 Å². The van der Waals surface area contributed by atoms with Crippen LogP contribution in [0.1, 0.15) is 87.8 Å². The van der Waals surface area contributed by atoms with Crippen molar-refractivity contribution in [3.8, 4) is 0 Å². The number of nitrogens with zero attached hydrogens (tertiary/aromatic N) is 2. The Morgan fingerprint density at radius 3 is 2.20 bits per heavy atom. The molecule has 0 radical (unpaired) electrons. The highest BCUT2D eigenvalue weighted by atomic mass is 32.2. The van der Waals surface area contributed by atoms with E-state index in [1.54, 1.807) is 4.90 Å². The van der Waals surface area contributed by atoms with Crippen molar-refractivity contribution in [3.63, 3.8) is 0 Å². The molecule has 2 aliphatic rings. The molecule has 0 spiro atoms. The molecule has 0 atom stereocenters. The van der Waals surface area contributed by atoms with E-state index in [1.807, 2.05) is 56.3 Å². The summed E-state index contributed by atoms with van der Waals surface area (Å²) in [5.74, 6) is -0.855. The van der Waals surface area contributed by atoms with Crippen molar-refractivity contribution < 1.29 is 14.4 Å². The molecule has 0 saturated carbocycles. The first-order chi connectivity index (χ1) is 19.8. The van der Waals surface area contributed by atoms with Crippen molar-refractivity contribution in [1.82, 2.24) is 4.90 Å². The zero-order valence-electron chi connectivity index (χ0n) is 24.5. The van der Waals surface area contributed by atoms with Crippen molar-refractivity contribution in [3.05, 3.63) is 64.1 Å². The van der Waals surface area contributed by atoms with E-state index < -0.39 is 0 Å². The van der Waals surface area contributed by atoms with E-state index in [0.29, 0.717) is 38.3 Å². The SMILES string of the molecule is CCCCCCCCCCCCN1C(=O)/C(=C2/C(=O)N(CC(=O)Nc3ccc(C)cc3C)c3ccccc32)SC1=S. The van der Waals surface area contributed by atoms with Crippen LogP contribution in [-0.4, -0.2) is 40.0 Å². The Labute approximate surface area is 253 Å². The zero-order valence-corrected chi connectivity index (χ0v) is 26.1. The Bertz CT molecular complexity index is 1340. The second-order valence-electron chi connectivity index (χ2n) is 11.0. The highest BCUT2D eigenvalue weighted by molar-refractivity contribution is 8.26. The van der Waals surface area contributed by atoms with Crippen LogP contribution in [0.15, 0.2) is 47.4 Å². The van der Waals surface area contributed by atoms with Crippen LogP contribution in [0.3, 0.4) is 0 Å².